The highest BCUT2D eigenvalue weighted by molar-refractivity contribution is 5.87. The van der Waals surface area contributed by atoms with Crippen LogP contribution in [0, 0.1) is 0 Å². The molecule has 1 N–H and O–H groups in total. The smallest absolute Gasteiger partial charge is 0.374 e. The number of hydrogen-bond donors (Lipinski definition) is 1. The molecular formula is C9H12O4. The SMILES string of the molecule is CCCOC(=O)c1occc1CO. The van der Waals surface area contributed by atoms with Gasteiger partial charge in [-0.1, -0.05) is 6.92 Å². The number of rotatable bonds is 4. The number of furan rings is 1. The van der Waals surface area contributed by atoms with Crippen molar-refractivity contribution in [3.05, 3.63) is 23.7 Å². The fourth-order valence-electron chi connectivity index (χ4n) is 0.900. The number of aliphatic hydroxyl groups is 1. The first-order valence-corrected chi connectivity index (χ1v) is 4.14. The molecule has 0 saturated carbocycles. The number of esters is 1. The third-order valence-electron chi connectivity index (χ3n) is 1.54. The number of ether oxygens (including phenoxy) is 1. The van der Waals surface area contributed by atoms with Crippen LogP contribution in [0.5, 0.6) is 0 Å². The summed E-state index contributed by atoms with van der Waals surface area (Å²) in [6.07, 6.45) is 2.12. The summed E-state index contributed by atoms with van der Waals surface area (Å²) in [5.74, 6) is -0.424. The molecule has 0 bridgehead atoms. The molecule has 0 atom stereocenters. The van der Waals surface area contributed by atoms with E-state index in [1.807, 2.05) is 6.92 Å². The summed E-state index contributed by atoms with van der Waals surface area (Å²) < 4.78 is 9.71. The van der Waals surface area contributed by atoms with Gasteiger partial charge in [0, 0.05) is 5.56 Å². The Balaban J connectivity index is 2.65. The van der Waals surface area contributed by atoms with E-state index < -0.39 is 5.97 Å². The van der Waals surface area contributed by atoms with Gasteiger partial charge in [0.15, 0.2) is 0 Å². The van der Waals surface area contributed by atoms with E-state index in [2.05, 4.69) is 0 Å². The maximum Gasteiger partial charge on any atom is 0.374 e. The first kappa shape index (κ1) is 9.80. The second-order valence-electron chi connectivity index (χ2n) is 2.57. The van der Waals surface area contributed by atoms with Crippen LogP contribution in [0.3, 0.4) is 0 Å². The van der Waals surface area contributed by atoms with Crippen molar-refractivity contribution < 1.29 is 19.1 Å². The molecular weight excluding hydrogens is 172 g/mol. The van der Waals surface area contributed by atoms with Gasteiger partial charge in [-0.05, 0) is 12.5 Å². The summed E-state index contributed by atoms with van der Waals surface area (Å²) >= 11 is 0. The Labute approximate surface area is 76.1 Å². The minimum atomic E-state index is -0.518. The van der Waals surface area contributed by atoms with Gasteiger partial charge < -0.3 is 14.3 Å². The standard InChI is InChI=1S/C9H12O4/c1-2-4-13-9(11)8-7(6-10)3-5-12-8/h3,5,10H,2,4,6H2,1H3. The summed E-state index contributed by atoms with van der Waals surface area (Å²) in [5.41, 5.74) is 0.459. The van der Waals surface area contributed by atoms with Gasteiger partial charge in [0.05, 0.1) is 19.5 Å². The molecule has 0 amide bonds. The Kier molecular flexibility index (Phi) is 3.52. The summed E-state index contributed by atoms with van der Waals surface area (Å²) in [6, 6.07) is 1.54. The zero-order valence-electron chi connectivity index (χ0n) is 7.45. The van der Waals surface area contributed by atoms with Gasteiger partial charge >= 0.3 is 5.97 Å². The molecule has 4 heteroatoms. The van der Waals surface area contributed by atoms with Crippen molar-refractivity contribution in [2.45, 2.75) is 20.0 Å². The van der Waals surface area contributed by atoms with Gasteiger partial charge in [-0.3, -0.25) is 0 Å². The fraction of sp³-hybridized carbons (Fsp3) is 0.444. The van der Waals surface area contributed by atoms with Gasteiger partial charge in [-0.15, -0.1) is 0 Å². The topological polar surface area (TPSA) is 59.7 Å². The quantitative estimate of drug-likeness (QED) is 0.717. The van der Waals surface area contributed by atoms with Gasteiger partial charge in [-0.25, -0.2) is 4.79 Å². The fourth-order valence-corrected chi connectivity index (χ4v) is 0.900. The average Bonchev–Trinajstić information content (AvgIpc) is 2.61. The lowest BCUT2D eigenvalue weighted by molar-refractivity contribution is 0.0464. The van der Waals surface area contributed by atoms with E-state index in [1.54, 1.807) is 6.07 Å². The van der Waals surface area contributed by atoms with E-state index in [4.69, 9.17) is 14.3 Å². The molecule has 0 aliphatic rings. The first-order chi connectivity index (χ1) is 6.29. The Morgan fingerprint density at radius 3 is 3.08 bits per heavy atom. The van der Waals surface area contributed by atoms with Crippen LogP contribution in [-0.2, 0) is 11.3 Å². The lowest BCUT2D eigenvalue weighted by Crippen LogP contribution is -2.07. The molecule has 1 rings (SSSR count). The van der Waals surface area contributed by atoms with Crippen LogP contribution in [-0.4, -0.2) is 17.7 Å². The van der Waals surface area contributed by atoms with Crippen molar-refractivity contribution in [2.24, 2.45) is 0 Å². The number of hydrogen-bond acceptors (Lipinski definition) is 4. The van der Waals surface area contributed by atoms with E-state index >= 15 is 0 Å². The molecule has 0 radical (unpaired) electrons. The molecule has 1 aromatic heterocycles. The molecule has 0 fully saturated rings. The maximum atomic E-state index is 11.2. The third kappa shape index (κ3) is 2.32. The Morgan fingerprint density at radius 1 is 1.69 bits per heavy atom. The highest BCUT2D eigenvalue weighted by atomic mass is 16.5. The molecule has 0 spiro atoms. The van der Waals surface area contributed by atoms with Crippen LogP contribution in [0.25, 0.3) is 0 Å². The van der Waals surface area contributed by atoms with Crippen molar-refractivity contribution in [3.8, 4) is 0 Å². The highest BCUT2D eigenvalue weighted by Crippen LogP contribution is 2.11. The van der Waals surface area contributed by atoms with E-state index in [-0.39, 0.29) is 12.4 Å². The molecule has 0 aliphatic heterocycles. The molecule has 0 aliphatic carbocycles. The third-order valence-corrected chi connectivity index (χ3v) is 1.54. The normalized spacial score (nSPS) is 10.0. The summed E-state index contributed by atoms with van der Waals surface area (Å²) in [5, 5.41) is 8.81. The van der Waals surface area contributed by atoms with Crippen LogP contribution in [0.2, 0.25) is 0 Å². The van der Waals surface area contributed by atoms with Crippen molar-refractivity contribution >= 4 is 5.97 Å². The number of carbonyl (C=O) groups excluding carboxylic acids is 1. The van der Waals surface area contributed by atoms with Gasteiger partial charge in [0.25, 0.3) is 0 Å². The van der Waals surface area contributed by atoms with Crippen LogP contribution in [0.4, 0.5) is 0 Å². The monoisotopic (exact) mass is 184 g/mol. The predicted octanol–water partition coefficient (Wildman–Crippen LogP) is 1.34. The number of aliphatic hydroxyl groups excluding tert-OH is 1. The van der Waals surface area contributed by atoms with Crippen LogP contribution in [0.1, 0.15) is 29.5 Å². The van der Waals surface area contributed by atoms with Crippen LogP contribution < -0.4 is 0 Å². The molecule has 0 unspecified atom stereocenters. The van der Waals surface area contributed by atoms with Gasteiger partial charge in [0.1, 0.15) is 0 Å². The zero-order chi connectivity index (χ0) is 9.68. The Bertz CT molecular complexity index is 277. The summed E-state index contributed by atoms with van der Waals surface area (Å²) in [4.78, 5) is 11.2. The summed E-state index contributed by atoms with van der Waals surface area (Å²) in [6.45, 7) is 2.06. The average molecular weight is 184 g/mol. The molecule has 0 saturated heterocycles. The Hall–Kier alpha value is -1.29. The van der Waals surface area contributed by atoms with Gasteiger partial charge in [0.2, 0.25) is 5.76 Å². The first-order valence-electron chi connectivity index (χ1n) is 4.14. The second-order valence-corrected chi connectivity index (χ2v) is 2.57. The van der Waals surface area contributed by atoms with Crippen LogP contribution in [0.15, 0.2) is 16.7 Å². The molecule has 1 heterocycles. The van der Waals surface area contributed by atoms with Crippen molar-refractivity contribution in [2.75, 3.05) is 6.61 Å². The zero-order valence-corrected chi connectivity index (χ0v) is 7.45. The molecule has 4 nitrogen and oxygen atoms in total. The van der Waals surface area contributed by atoms with E-state index in [9.17, 15) is 4.79 Å². The minimum absolute atomic E-state index is 0.0935. The van der Waals surface area contributed by atoms with E-state index in [1.165, 1.54) is 6.26 Å². The van der Waals surface area contributed by atoms with Gasteiger partial charge in [-0.2, -0.15) is 0 Å². The lowest BCUT2D eigenvalue weighted by atomic mass is 10.2. The second kappa shape index (κ2) is 4.67. The molecule has 1 aromatic rings. The highest BCUT2D eigenvalue weighted by Gasteiger charge is 2.15. The number of carbonyl (C=O) groups is 1. The van der Waals surface area contributed by atoms with Crippen molar-refractivity contribution in [3.63, 3.8) is 0 Å². The maximum absolute atomic E-state index is 11.2. The largest absolute Gasteiger partial charge is 0.460 e. The molecule has 0 aromatic carbocycles. The molecule has 72 valence electrons. The van der Waals surface area contributed by atoms with Crippen molar-refractivity contribution in [1.82, 2.24) is 0 Å². The van der Waals surface area contributed by atoms with Crippen LogP contribution >= 0.6 is 0 Å². The minimum Gasteiger partial charge on any atom is -0.460 e. The van der Waals surface area contributed by atoms with E-state index in [0.717, 1.165) is 6.42 Å². The predicted molar refractivity (Wildman–Crippen MR) is 45.2 cm³/mol. The molecule has 13 heavy (non-hydrogen) atoms. The summed E-state index contributed by atoms with van der Waals surface area (Å²) in [7, 11) is 0. The Morgan fingerprint density at radius 2 is 2.46 bits per heavy atom. The van der Waals surface area contributed by atoms with Crippen molar-refractivity contribution in [1.29, 1.82) is 0 Å². The van der Waals surface area contributed by atoms with E-state index in [0.29, 0.717) is 12.2 Å². The lowest BCUT2D eigenvalue weighted by Gasteiger charge is -2.00.